The summed E-state index contributed by atoms with van der Waals surface area (Å²) >= 11 is 0. The minimum absolute atomic E-state index is 0.159. The SMILES string of the molecule is O=S(=O)(C1CC1)n1ccc2ccccc21. The van der Waals surface area contributed by atoms with Gasteiger partial charge in [-0.05, 0) is 25.0 Å². The summed E-state index contributed by atoms with van der Waals surface area (Å²) in [6, 6.07) is 9.39. The topological polar surface area (TPSA) is 39.1 Å². The quantitative estimate of drug-likeness (QED) is 0.777. The van der Waals surface area contributed by atoms with Gasteiger partial charge in [0, 0.05) is 11.6 Å². The lowest BCUT2D eigenvalue weighted by atomic mass is 10.3. The maximum Gasteiger partial charge on any atom is 0.241 e. The number of benzene rings is 1. The molecule has 78 valence electrons. The van der Waals surface area contributed by atoms with E-state index in [0.717, 1.165) is 23.7 Å². The third-order valence-electron chi connectivity index (χ3n) is 2.78. The molecule has 0 amide bonds. The molecule has 1 saturated carbocycles. The van der Waals surface area contributed by atoms with Crippen molar-refractivity contribution in [2.75, 3.05) is 0 Å². The molecule has 3 nitrogen and oxygen atoms in total. The van der Waals surface area contributed by atoms with Crippen molar-refractivity contribution in [3.8, 4) is 0 Å². The number of nitrogens with zero attached hydrogens (tertiary/aromatic N) is 1. The Morgan fingerprint density at radius 2 is 1.87 bits per heavy atom. The fourth-order valence-electron chi connectivity index (χ4n) is 1.81. The van der Waals surface area contributed by atoms with Gasteiger partial charge in [-0.2, -0.15) is 0 Å². The average molecular weight is 221 g/mol. The van der Waals surface area contributed by atoms with Crippen molar-refractivity contribution >= 4 is 20.9 Å². The number of rotatable bonds is 2. The largest absolute Gasteiger partial charge is 0.245 e. The number of fused-ring (bicyclic) bond motifs is 1. The summed E-state index contributed by atoms with van der Waals surface area (Å²) in [6.45, 7) is 0. The van der Waals surface area contributed by atoms with Crippen LogP contribution in [0.15, 0.2) is 36.5 Å². The van der Waals surface area contributed by atoms with Gasteiger partial charge in [-0.25, -0.2) is 12.4 Å². The zero-order valence-corrected chi connectivity index (χ0v) is 8.94. The molecule has 15 heavy (non-hydrogen) atoms. The van der Waals surface area contributed by atoms with Crippen molar-refractivity contribution in [2.45, 2.75) is 18.1 Å². The molecule has 3 rings (SSSR count). The van der Waals surface area contributed by atoms with E-state index in [0.29, 0.717) is 0 Å². The zero-order valence-electron chi connectivity index (χ0n) is 8.13. The van der Waals surface area contributed by atoms with Gasteiger partial charge in [-0.1, -0.05) is 18.2 Å². The summed E-state index contributed by atoms with van der Waals surface area (Å²) in [6.07, 6.45) is 3.25. The second-order valence-electron chi connectivity index (χ2n) is 3.91. The highest BCUT2D eigenvalue weighted by molar-refractivity contribution is 7.91. The van der Waals surface area contributed by atoms with Crippen LogP contribution in [0.25, 0.3) is 10.9 Å². The Balaban J connectivity index is 2.27. The molecule has 0 unspecified atom stereocenters. The number of hydrogen-bond donors (Lipinski definition) is 0. The molecule has 1 fully saturated rings. The van der Waals surface area contributed by atoms with Crippen molar-refractivity contribution < 1.29 is 8.42 Å². The molecule has 0 N–H and O–H groups in total. The van der Waals surface area contributed by atoms with Crippen molar-refractivity contribution in [3.05, 3.63) is 36.5 Å². The highest BCUT2D eigenvalue weighted by atomic mass is 32.2. The number of para-hydroxylation sites is 1. The fourth-order valence-corrected chi connectivity index (χ4v) is 3.53. The van der Waals surface area contributed by atoms with Crippen LogP contribution < -0.4 is 0 Å². The van der Waals surface area contributed by atoms with Crippen LogP contribution in [0.4, 0.5) is 0 Å². The summed E-state index contributed by atoms with van der Waals surface area (Å²) in [4.78, 5) is 0. The van der Waals surface area contributed by atoms with Crippen molar-refractivity contribution in [3.63, 3.8) is 0 Å². The van der Waals surface area contributed by atoms with Gasteiger partial charge in [0.2, 0.25) is 10.0 Å². The van der Waals surface area contributed by atoms with Gasteiger partial charge in [0.25, 0.3) is 0 Å². The third-order valence-corrected chi connectivity index (χ3v) is 4.96. The molecule has 0 atom stereocenters. The van der Waals surface area contributed by atoms with E-state index in [1.807, 2.05) is 30.3 Å². The fraction of sp³-hybridized carbons (Fsp3) is 0.273. The molecule has 1 aromatic heterocycles. The molecule has 1 aliphatic carbocycles. The Labute approximate surface area is 88.4 Å². The Hall–Kier alpha value is -1.29. The molecular weight excluding hydrogens is 210 g/mol. The first kappa shape index (κ1) is 8.97. The molecule has 0 saturated heterocycles. The maximum absolute atomic E-state index is 12.0. The van der Waals surface area contributed by atoms with Gasteiger partial charge in [0.05, 0.1) is 10.8 Å². The Morgan fingerprint density at radius 1 is 1.13 bits per heavy atom. The van der Waals surface area contributed by atoms with E-state index in [9.17, 15) is 8.42 Å². The lowest BCUT2D eigenvalue weighted by molar-refractivity contribution is 0.588. The normalized spacial score (nSPS) is 17.1. The van der Waals surface area contributed by atoms with E-state index in [4.69, 9.17) is 0 Å². The van der Waals surface area contributed by atoms with E-state index >= 15 is 0 Å². The average Bonchev–Trinajstić information content (AvgIpc) is 2.98. The van der Waals surface area contributed by atoms with Gasteiger partial charge in [-0.3, -0.25) is 0 Å². The second-order valence-corrected chi connectivity index (χ2v) is 6.00. The highest BCUT2D eigenvalue weighted by Gasteiger charge is 2.37. The van der Waals surface area contributed by atoms with Gasteiger partial charge >= 0.3 is 0 Å². The molecule has 0 spiro atoms. The van der Waals surface area contributed by atoms with Crippen LogP contribution in [0.2, 0.25) is 0 Å². The molecule has 2 aromatic rings. The molecule has 1 aromatic carbocycles. The number of aromatic nitrogens is 1. The minimum Gasteiger partial charge on any atom is -0.245 e. The first-order chi connectivity index (χ1) is 7.19. The Morgan fingerprint density at radius 3 is 2.60 bits per heavy atom. The number of hydrogen-bond acceptors (Lipinski definition) is 2. The summed E-state index contributed by atoms with van der Waals surface area (Å²) in [5.41, 5.74) is 0.782. The molecular formula is C11H11NO2S. The van der Waals surface area contributed by atoms with E-state index in [-0.39, 0.29) is 5.25 Å². The van der Waals surface area contributed by atoms with Crippen LogP contribution in [-0.2, 0) is 10.0 Å². The van der Waals surface area contributed by atoms with Gasteiger partial charge in [-0.15, -0.1) is 0 Å². The van der Waals surface area contributed by atoms with E-state index < -0.39 is 10.0 Å². The summed E-state index contributed by atoms with van der Waals surface area (Å²) in [7, 11) is -3.13. The first-order valence-electron chi connectivity index (χ1n) is 5.00. The van der Waals surface area contributed by atoms with E-state index in [1.165, 1.54) is 3.97 Å². The maximum atomic E-state index is 12.0. The van der Waals surface area contributed by atoms with Crippen LogP contribution in [0.3, 0.4) is 0 Å². The lowest BCUT2D eigenvalue weighted by Gasteiger charge is -2.05. The Bertz CT molecular complexity index is 608. The predicted octanol–water partition coefficient (Wildman–Crippen LogP) is 1.98. The molecule has 1 heterocycles. The van der Waals surface area contributed by atoms with E-state index in [1.54, 1.807) is 6.20 Å². The monoisotopic (exact) mass is 221 g/mol. The summed E-state index contributed by atoms with van der Waals surface area (Å²) < 4.78 is 25.5. The van der Waals surface area contributed by atoms with Crippen LogP contribution in [0, 0.1) is 0 Å². The molecule has 0 bridgehead atoms. The van der Waals surface area contributed by atoms with Gasteiger partial charge < -0.3 is 0 Å². The highest BCUT2D eigenvalue weighted by Crippen LogP contribution is 2.31. The van der Waals surface area contributed by atoms with Crippen molar-refractivity contribution in [1.29, 1.82) is 0 Å². The molecule has 1 aliphatic rings. The third kappa shape index (κ3) is 1.28. The zero-order chi connectivity index (χ0) is 10.5. The van der Waals surface area contributed by atoms with Gasteiger partial charge in [0.15, 0.2) is 0 Å². The minimum atomic E-state index is -3.13. The predicted molar refractivity (Wildman–Crippen MR) is 59.3 cm³/mol. The van der Waals surface area contributed by atoms with Crippen LogP contribution in [0.1, 0.15) is 12.8 Å². The molecule has 0 aliphatic heterocycles. The summed E-state index contributed by atoms with van der Waals surface area (Å²) in [5, 5.41) is 0.815. The Kier molecular flexibility index (Phi) is 1.71. The van der Waals surface area contributed by atoms with Crippen molar-refractivity contribution in [1.82, 2.24) is 3.97 Å². The summed E-state index contributed by atoms with van der Waals surface area (Å²) in [5.74, 6) is 0. The lowest BCUT2D eigenvalue weighted by Crippen LogP contribution is -2.16. The van der Waals surface area contributed by atoms with Crippen LogP contribution in [-0.4, -0.2) is 17.6 Å². The standard InChI is InChI=1S/C11H11NO2S/c13-15(14,10-5-6-10)12-8-7-9-3-1-2-4-11(9)12/h1-4,7-8,10H,5-6H2. The van der Waals surface area contributed by atoms with Crippen molar-refractivity contribution in [2.24, 2.45) is 0 Å². The van der Waals surface area contributed by atoms with E-state index in [2.05, 4.69) is 0 Å². The molecule has 4 heteroatoms. The first-order valence-corrected chi connectivity index (χ1v) is 6.50. The van der Waals surface area contributed by atoms with Crippen LogP contribution >= 0.6 is 0 Å². The van der Waals surface area contributed by atoms with Crippen LogP contribution in [0.5, 0.6) is 0 Å². The smallest absolute Gasteiger partial charge is 0.241 e. The molecule has 0 radical (unpaired) electrons. The van der Waals surface area contributed by atoms with Gasteiger partial charge in [0.1, 0.15) is 0 Å². The second kappa shape index (κ2) is 2.85.